The van der Waals surface area contributed by atoms with E-state index in [0.29, 0.717) is 17.5 Å². The molecule has 9 rings (SSSR count). The summed E-state index contributed by atoms with van der Waals surface area (Å²) >= 11 is 0. The van der Waals surface area contributed by atoms with Crippen molar-refractivity contribution < 1.29 is 0 Å². The van der Waals surface area contributed by atoms with Crippen LogP contribution in [0.25, 0.3) is 67.5 Å². The Balaban J connectivity index is 1.13. The van der Waals surface area contributed by atoms with Crippen molar-refractivity contribution in [2.24, 2.45) is 0 Å². The highest BCUT2D eigenvalue weighted by Crippen LogP contribution is 2.60. The lowest BCUT2D eigenvalue weighted by Crippen LogP contribution is -2.43. The van der Waals surface area contributed by atoms with E-state index in [2.05, 4.69) is 120 Å². The molecule has 1 heterocycles. The Labute approximate surface area is 301 Å². The monoisotopic (exact) mass is 659 g/mol. The third-order valence-corrected chi connectivity index (χ3v) is 12.1. The molecule has 0 fully saturated rings. The first-order valence-corrected chi connectivity index (χ1v) is 18.0. The second-order valence-electron chi connectivity index (χ2n) is 15.7. The first-order chi connectivity index (χ1) is 24.6. The van der Waals surface area contributed by atoms with E-state index in [1.54, 1.807) is 0 Å². The highest BCUT2D eigenvalue weighted by molar-refractivity contribution is 5.97. The molecular formula is C48H41N3. The maximum Gasteiger partial charge on any atom is 0.164 e. The maximum atomic E-state index is 4.94. The molecule has 0 unspecified atom stereocenters. The average Bonchev–Trinajstić information content (AvgIpc) is 3.40. The van der Waals surface area contributed by atoms with E-state index < -0.39 is 0 Å². The number of aromatic nitrogens is 3. The maximum absolute atomic E-state index is 4.94. The highest BCUT2D eigenvalue weighted by atomic mass is 15.0. The lowest BCUT2D eigenvalue weighted by Gasteiger charge is -2.49. The third kappa shape index (κ3) is 4.68. The Kier molecular flexibility index (Phi) is 6.86. The number of benzene rings is 6. The molecule has 1 aromatic heterocycles. The third-order valence-electron chi connectivity index (χ3n) is 12.1. The van der Waals surface area contributed by atoms with Crippen molar-refractivity contribution in [2.75, 3.05) is 0 Å². The van der Waals surface area contributed by atoms with Crippen LogP contribution in [0, 0.1) is 0 Å². The van der Waals surface area contributed by atoms with Gasteiger partial charge in [0, 0.05) is 22.1 Å². The van der Waals surface area contributed by atoms with Crippen molar-refractivity contribution in [3.05, 3.63) is 162 Å². The van der Waals surface area contributed by atoms with Crippen molar-refractivity contribution in [1.82, 2.24) is 15.0 Å². The summed E-state index contributed by atoms with van der Waals surface area (Å²) in [6.07, 6.45) is 0. The van der Waals surface area contributed by atoms with Crippen LogP contribution in [0.15, 0.2) is 140 Å². The molecule has 0 saturated heterocycles. The van der Waals surface area contributed by atoms with Crippen LogP contribution in [0.2, 0.25) is 0 Å². The summed E-state index contributed by atoms with van der Waals surface area (Å²) in [5.41, 5.74) is 16.3. The molecule has 248 valence electrons. The van der Waals surface area contributed by atoms with E-state index in [9.17, 15) is 0 Å². The standard InChI is InChI=1S/C48H41N3/c1-46(2)38-27-28-39-42(35-19-13-14-20-37(35)47(3,4)48(39,5)6)41(38)36-26-25-34(29-40(36)46)30-21-23-33(24-22-30)45-50-43(31-15-9-7-10-16-31)49-44(51-45)32-17-11-8-12-18-32/h7-29H,1-6H3. The minimum absolute atomic E-state index is 0.00529. The van der Waals surface area contributed by atoms with E-state index >= 15 is 0 Å². The number of hydrogen-bond donors (Lipinski definition) is 0. The van der Waals surface area contributed by atoms with Gasteiger partial charge in [0.2, 0.25) is 0 Å². The molecule has 0 radical (unpaired) electrons. The van der Waals surface area contributed by atoms with Crippen molar-refractivity contribution in [1.29, 1.82) is 0 Å². The van der Waals surface area contributed by atoms with Gasteiger partial charge in [-0.3, -0.25) is 0 Å². The van der Waals surface area contributed by atoms with Crippen molar-refractivity contribution in [2.45, 2.75) is 57.8 Å². The zero-order chi connectivity index (χ0) is 35.1. The molecule has 0 bridgehead atoms. The van der Waals surface area contributed by atoms with Gasteiger partial charge in [0.05, 0.1) is 0 Å². The minimum atomic E-state index is -0.131. The highest BCUT2D eigenvalue weighted by Gasteiger charge is 2.48. The van der Waals surface area contributed by atoms with Crippen molar-refractivity contribution >= 4 is 0 Å². The number of hydrogen-bond acceptors (Lipinski definition) is 3. The van der Waals surface area contributed by atoms with Gasteiger partial charge < -0.3 is 0 Å². The second-order valence-corrected chi connectivity index (χ2v) is 15.7. The van der Waals surface area contributed by atoms with Gasteiger partial charge in [-0.25, -0.2) is 15.0 Å². The average molecular weight is 660 g/mol. The molecule has 0 saturated carbocycles. The Bertz CT molecular complexity index is 2410. The molecule has 0 spiro atoms. The van der Waals surface area contributed by atoms with Gasteiger partial charge >= 0.3 is 0 Å². The number of nitrogens with zero attached hydrogens (tertiary/aromatic N) is 3. The summed E-state index contributed by atoms with van der Waals surface area (Å²) in [5.74, 6) is 2.00. The molecule has 0 atom stereocenters. The smallest absolute Gasteiger partial charge is 0.164 e. The number of fused-ring (bicyclic) bond motifs is 7. The van der Waals surface area contributed by atoms with Crippen LogP contribution in [0.1, 0.15) is 63.8 Å². The first-order valence-electron chi connectivity index (χ1n) is 18.0. The molecular weight excluding hydrogens is 619 g/mol. The van der Waals surface area contributed by atoms with E-state index in [0.717, 1.165) is 16.7 Å². The Morgan fingerprint density at radius 1 is 0.333 bits per heavy atom. The van der Waals surface area contributed by atoms with E-state index in [1.807, 2.05) is 60.7 Å². The summed E-state index contributed by atoms with van der Waals surface area (Å²) in [6, 6.07) is 49.9. The normalized spacial score (nSPS) is 15.7. The van der Waals surface area contributed by atoms with E-state index in [1.165, 1.54) is 55.6 Å². The van der Waals surface area contributed by atoms with Gasteiger partial charge in [-0.2, -0.15) is 0 Å². The second kappa shape index (κ2) is 11.2. The van der Waals surface area contributed by atoms with Crippen molar-refractivity contribution in [3.8, 4) is 67.5 Å². The fraction of sp³-hybridized carbons (Fsp3) is 0.188. The van der Waals surface area contributed by atoms with E-state index in [-0.39, 0.29) is 16.2 Å². The first kappa shape index (κ1) is 31.3. The quantitative estimate of drug-likeness (QED) is 0.189. The molecule has 3 nitrogen and oxygen atoms in total. The fourth-order valence-corrected chi connectivity index (χ4v) is 8.48. The molecule has 6 aromatic carbocycles. The summed E-state index contributed by atoms with van der Waals surface area (Å²) < 4.78 is 0. The molecule has 0 N–H and O–H groups in total. The molecule has 7 aromatic rings. The Morgan fingerprint density at radius 2 is 0.765 bits per heavy atom. The molecule has 2 aliphatic carbocycles. The van der Waals surface area contributed by atoms with Gasteiger partial charge in [-0.15, -0.1) is 0 Å². The summed E-state index contributed by atoms with van der Waals surface area (Å²) in [4.78, 5) is 14.7. The van der Waals surface area contributed by atoms with Gasteiger partial charge in [0.15, 0.2) is 17.5 Å². The van der Waals surface area contributed by atoms with Crippen LogP contribution in [0.4, 0.5) is 0 Å². The number of rotatable bonds is 4. The lowest BCUT2D eigenvalue weighted by atomic mass is 9.54. The SMILES string of the molecule is CC1(C)c2cc(-c3ccc(-c4nc(-c5ccccc5)nc(-c5ccccc5)n4)cc3)ccc2-c2c1ccc1c2-c2ccccc2C(C)(C)C1(C)C. The molecule has 0 amide bonds. The zero-order valence-electron chi connectivity index (χ0n) is 30.1. The largest absolute Gasteiger partial charge is 0.208 e. The van der Waals surface area contributed by atoms with Crippen LogP contribution in [0.5, 0.6) is 0 Å². The van der Waals surface area contributed by atoms with Crippen molar-refractivity contribution in [3.63, 3.8) is 0 Å². The summed E-state index contributed by atoms with van der Waals surface area (Å²) in [5, 5.41) is 0. The Morgan fingerprint density at radius 3 is 1.37 bits per heavy atom. The van der Waals surface area contributed by atoms with Gasteiger partial charge in [0.1, 0.15) is 0 Å². The van der Waals surface area contributed by atoms with Crippen LogP contribution in [-0.4, -0.2) is 15.0 Å². The lowest BCUT2D eigenvalue weighted by molar-refractivity contribution is 0.299. The topological polar surface area (TPSA) is 38.7 Å². The Hall–Kier alpha value is -5.67. The predicted molar refractivity (Wildman–Crippen MR) is 211 cm³/mol. The molecule has 3 heteroatoms. The zero-order valence-corrected chi connectivity index (χ0v) is 30.1. The minimum Gasteiger partial charge on any atom is -0.208 e. The van der Waals surface area contributed by atoms with Gasteiger partial charge in [-0.05, 0) is 72.5 Å². The molecule has 51 heavy (non-hydrogen) atoms. The van der Waals surface area contributed by atoms with Gasteiger partial charge in [0.25, 0.3) is 0 Å². The van der Waals surface area contributed by atoms with E-state index in [4.69, 9.17) is 15.0 Å². The predicted octanol–water partition coefficient (Wildman–Crippen LogP) is 12.1. The van der Waals surface area contributed by atoms with Crippen LogP contribution >= 0.6 is 0 Å². The van der Waals surface area contributed by atoms with Crippen LogP contribution in [-0.2, 0) is 16.2 Å². The molecule has 2 aliphatic rings. The summed E-state index contributed by atoms with van der Waals surface area (Å²) in [6.45, 7) is 14.4. The van der Waals surface area contributed by atoms with Gasteiger partial charge in [-0.1, -0.05) is 175 Å². The van der Waals surface area contributed by atoms with Crippen LogP contribution < -0.4 is 0 Å². The fourth-order valence-electron chi connectivity index (χ4n) is 8.48. The van der Waals surface area contributed by atoms with Crippen LogP contribution in [0.3, 0.4) is 0 Å². The molecule has 0 aliphatic heterocycles. The summed E-state index contributed by atoms with van der Waals surface area (Å²) in [7, 11) is 0.